The fourth-order valence-corrected chi connectivity index (χ4v) is 3.66. The van der Waals surface area contributed by atoms with E-state index in [0.29, 0.717) is 13.0 Å². The highest BCUT2D eigenvalue weighted by Gasteiger charge is 2.16. The van der Waals surface area contributed by atoms with Gasteiger partial charge in [-0.1, -0.05) is 42.5 Å². The standard InChI is InChI=1S/C22H27N7O/c30-22(16-19-6-8-21(9-7-19)29-18-24-25-26-29)23-10-11-27-12-14-28(15-13-27)17-20-4-2-1-3-5-20/h1-9,18H,10-17H2,(H,23,30). The second kappa shape index (κ2) is 10.1. The summed E-state index contributed by atoms with van der Waals surface area (Å²) in [4.78, 5) is 17.2. The van der Waals surface area contributed by atoms with Crippen molar-refractivity contribution in [1.29, 1.82) is 0 Å². The number of carbonyl (C=O) groups is 1. The lowest BCUT2D eigenvalue weighted by molar-refractivity contribution is -0.120. The summed E-state index contributed by atoms with van der Waals surface area (Å²) in [5, 5.41) is 14.1. The molecule has 4 rings (SSSR count). The van der Waals surface area contributed by atoms with Crippen molar-refractivity contribution in [2.24, 2.45) is 0 Å². The Balaban J connectivity index is 1.13. The van der Waals surface area contributed by atoms with Gasteiger partial charge in [-0.3, -0.25) is 14.6 Å². The van der Waals surface area contributed by atoms with Gasteiger partial charge in [-0.15, -0.1) is 5.10 Å². The van der Waals surface area contributed by atoms with Crippen LogP contribution in [0.5, 0.6) is 0 Å². The van der Waals surface area contributed by atoms with Crippen LogP contribution in [0.15, 0.2) is 60.9 Å². The number of piperazine rings is 1. The zero-order chi connectivity index (χ0) is 20.6. The third-order valence-electron chi connectivity index (χ3n) is 5.38. The quantitative estimate of drug-likeness (QED) is 0.606. The van der Waals surface area contributed by atoms with Crippen LogP contribution in [0.25, 0.3) is 5.69 Å². The average molecular weight is 406 g/mol. The van der Waals surface area contributed by atoms with Crippen molar-refractivity contribution >= 4 is 5.91 Å². The molecule has 0 radical (unpaired) electrons. The first-order valence-corrected chi connectivity index (χ1v) is 10.3. The van der Waals surface area contributed by atoms with Crippen LogP contribution in [-0.2, 0) is 17.8 Å². The molecule has 0 aliphatic carbocycles. The molecule has 8 nitrogen and oxygen atoms in total. The Kier molecular flexibility index (Phi) is 6.79. The lowest BCUT2D eigenvalue weighted by atomic mass is 10.1. The molecular weight excluding hydrogens is 378 g/mol. The van der Waals surface area contributed by atoms with Crippen molar-refractivity contribution < 1.29 is 4.79 Å². The first kappa shape index (κ1) is 20.2. The highest BCUT2D eigenvalue weighted by atomic mass is 16.1. The fourth-order valence-electron chi connectivity index (χ4n) is 3.66. The number of benzene rings is 2. The molecule has 2 heterocycles. The van der Waals surface area contributed by atoms with Crippen molar-refractivity contribution in [1.82, 2.24) is 35.3 Å². The molecule has 156 valence electrons. The lowest BCUT2D eigenvalue weighted by Crippen LogP contribution is -2.48. The summed E-state index contributed by atoms with van der Waals surface area (Å²) in [6.45, 7) is 6.80. The highest BCUT2D eigenvalue weighted by Crippen LogP contribution is 2.09. The van der Waals surface area contributed by atoms with Gasteiger partial charge in [0.25, 0.3) is 0 Å². The van der Waals surface area contributed by atoms with Crippen LogP contribution < -0.4 is 5.32 Å². The first-order chi connectivity index (χ1) is 14.8. The second-order valence-electron chi connectivity index (χ2n) is 7.55. The molecule has 8 heteroatoms. The average Bonchev–Trinajstić information content (AvgIpc) is 3.31. The summed E-state index contributed by atoms with van der Waals surface area (Å²) in [6, 6.07) is 18.3. The predicted molar refractivity (Wildman–Crippen MR) is 114 cm³/mol. The van der Waals surface area contributed by atoms with Gasteiger partial charge in [0, 0.05) is 45.8 Å². The molecule has 0 spiro atoms. The number of hydrogen-bond acceptors (Lipinski definition) is 6. The number of tetrazole rings is 1. The largest absolute Gasteiger partial charge is 0.355 e. The smallest absolute Gasteiger partial charge is 0.224 e. The zero-order valence-electron chi connectivity index (χ0n) is 17.0. The number of hydrogen-bond donors (Lipinski definition) is 1. The summed E-state index contributed by atoms with van der Waals surface area (Å²) in [5.74, 6) is 0.0490. The number of nitrogens with zero attached hydrogens (tertiary/aromatic N) is 6. The Hall–Kier alpha value is -3.10. The van der Waals surface area contributed by atoms with E-state index in [0.717, 1.165) is 50.5 Å². The van der Waals surface area contributed by atoms with Gasteiger partial charge in [-0.25, -0.2) is 4.68 Å². The topological polar surface area (TPSA) is 79.2 Å². The summed E-state index contributed by atoms with van der Waals surface area (Å²) >= 11 is 0. The van der Waals surface area contributed by atoms with Gasteiger partial charge in [-0.2, -0.15) is 0 Å². The summed E-state index contributed by atoms with van der Waals surface area (Å²) in [5.41, 5.74) is 3.21. The van der Waals surface area contributed by atoms with Gasteiger partial charge in [0.15, 0.2) is 0 Å². The normalized spacial score (nSPS) is 15.2. The van der Waals surface area contributed by atoms with E-state index >= 15 is 0 Å². The number of nitrogens with one attached hydrogen (secondary N) is 1. The molecule has 0 unspecified atom stereocenters. The number of rotatable bonds is 8. The molecule has 3 aromatic rings. The summed E-state index contributed by atoms with van der Waals surface area (Å²) in [6.07, 6.45) is 1.92. The molecule has 0 atom stereocenters. The number of amides is 1. The van der Waals surface area contributed by atoms with Gasteiger partial charge < -0.3 is 5.32 Å². The Morgan fingerprint density at radius 2 is 1.63 bits per heavy atom. The van der Waals surface area contributed by atoms with Crippen molar-refractivity contribution in [3.63, 3.8) is 0 Å². The Morgan fingerprint density at radius 3 is 2.33 bits per heavy atom. The molecule has 1 aliphatic heterocycles. The molecule has 1 N–H and O–H groups in total. The minimum absolute atomic E-state index is 0.0490. The van der Waals surface area contributed by atoms with Crippen molar-refractivity contribution in [2.45, 2.75) is 13.0 Å². The number of aromatic nitrogens is 4. The van der Waals surface area contributed by atoms with Gasteiger partial charge in [0.2, 0.25) is 5.91 Å². The maximum atomic E-state index is 12.2. The molecule has 1 fully saturated rings. The van der Waals surface area contributed by atoms with Gasteiger partial charge in [0.05, 0.1) is 12.1 Å². The zero-order valence-corrected chi connectivity index (χ0v) is 17.0. The Morgan fingerprint density at radius 1 is 0.900 bits per heavy atom. The molecule has 30 heavy (non-hydrogen) atoms. The first-order valence-electron chi connectivity index (χ1n) is 10.3. The van der Waals surface area contributed by atoms with Crippen molar-refractivity contribution in [3.8, 4) is 5.69 Å². The second-order valence-corrected chi connectivity index (χ2v) is 7.55. The maximum absolute atomic E-state index is 12.2. The minimum Gasteiger partial charge on any atom is -0.355 e. The molecule has 1 aromatic heterocycles. The van der Waals surface area contributed by atoms with E-state index in [9.17, 15) is 4.79 Å². The van der Waals surface area contributed by atoms with E-state index in [1.807, 2.05) is 24.3 Å². The van der Waals surface area contributed by atoms with Crippen molar-refractivity contribution in [2.75, 3.05) is 39.3 Å². The summed E-state index contributed by atoms with van der Waals surface area (Å²) < 4.78 is 1.59. The predicted octanol–water partition coefficient (Wildman–Crippen LogP) is 1.14. The van der Waals surface area contributed by atoms with E-state index in [1.54, 1.807) is 11.0 Å². The van der Waals surface area contributed by atoms with Crippen LogP contribution in [-0.4, -0.2) is 75.2 Å². The van der Waals surface area contributed by atoms with E-state index in [2.05, 4.69) is 61.0 Å². The SMILES string of the molecule is O=C(Cc1ccc(-n2cnnn2)cc1)NCCN1CCN(Cc2ccccc2)CC1. The van der Waals surface area contributed by atoms with Crippen LogP contribution in [0.4, 0.5) is 0 Å². The Labute approximate surface area is 176 Å². The van der Waals surface area contributed by atoms with Crippen molar-refractivity contribution in [3.05, 3.63) is 72.1 Å². The van der Waals surface area contributed by atoms with Gasteiger partial charge in [-0.05, 0) is 33.7 Å². The molecule has 0 saturated carbocycles. The van der Waals surface area contributed by atoms with Crippen LogP contribution in [0, 0.1) is 0 Å². The third-order valence-corrected chi connectivity index (χ3v) is 5.38. The molecular formula is C22H27N7O. The Bertz CT molecular complexity index is 904. The molecule has 0 bridgehead atoms. The number of carbonyl (C=O) groups excluding carboxylic acids is 1. The van der Waals surface area contributed by atoms with E-state index in [-0.39, 0.29) is 5.91 Å². The van der Waals surface area contributed by atoms with Crippen LogP contribution in [0.2, 0.25) is 0 Å². The molecule has 1 amide bonds. The fraction of sp³-hybridized carbons (Fsp3) is 0.364. The maximum Gasteiger partial charge on any atom is 0.224 e. The molecule has 2 aromatic carbocycles. The third kappa shape index (κ3) is 5.71. The van der Waals surface area contributed by atoms with Crippen LogP contribution in [0.3, 0.4) is 0 Å². The summed E-state index contributed by atoms with van der Waals surface area (Å²) in [7, 11) is 0. The highest BCUT2D eigenvalue weighted by molar-refractivity contribution is 5.78. The monoisotopic (exact) mass is 405 g/mol. The molecule has 1 aliphatic rings. The van der Waals surface area contributed by atoms with E-state index in [4.69, 9.17) is 0 Å². The lowest BCUT2D eigenvalue weighted by Gasteiger charge is -2.34. The minimum atomic E-state index is 0.0490. The van der Waals surface area contributed by atoms with Gasteiger partial charge >= 0.3 is 0 Å². The van der Waals surface area contributed by atoms with Gasteiger partial charge in [0.1, 0.15) is 6.33 Å². The van der Waals surface area contributed by atoms with Crippen LogP contribution >= 0.6 is 0 Å². The van der Waals surface area contributed by atoms with Crippen LogP contribution in [0.1, 0.15) is 11.1 Å². The van der Waals surface area contributed by atoms with E-state index < -0.39 is 0 Å². The van der Waals surface area contributed by atoms with E-state index in [1.165, 1.54) is 5.56 Å². The molecule has 1 saturated heterocycles.